The first-order chi connectivity index (χ1) is 12.8. The number of aryl methyl sites for hydroxylation is 1. The van der Waals surface area contributed by atoms with Crippen LogP contribution in [-0.4, -0.2) is 25.5 Å². The summed E-state index contributed by atoms with van der Waals surface area (Å²) in [5, 5.41) is 9.21. The molecule has 7 heteroatoms. The van der Waals surface area contributed by atoms with Gasteiger partial charge in [-0.15, -0.1) is 0 Å². The number of rotatable bonds is 7. The van der Waals surface area contributed by atoms with E-state index in [0.717, 1.165) is 11.3 Å². The number of ether oxygens (including phenoxy) is 1. The first kappa shape index (κ1) is 20.6. The number of hydrogen-bond acceptors (Lipinski definition) is 4. The van der Waals surface area contributed by atoms with Crippen LogP contribution in [0.15, 0.2) is 36.4 Å². The van der Waals surface area contributed by atoms with Crippen LogP contribution < -0.4 is 20.7 Å². The lowest BCUT2D eigenvalue weighted by atomic mass is 10.1. The number of nitrogens with one attached hydrogen (secondary N) is 3. The number of carbonyl (C=O) groups is 2. The summed E-state index contributed by atoms with van der Waals surface area (Å²) in [6.45, 7) is 5.64. The Morgan fingerprint density at radius 3 is 2.48 bits per heavy atom. The lowest BCUT2D eigenvalue weighted by Gasteiger charge is -2.14. The molecule has 0 aromatic heterocycles. The van der Waals surface area contributed by atoms with Gasteiger partial charge in [-0.25, -0.2) is 0 Å². The molecule has 0 aliphatic carbocycles. The maximum absolute atomic E-state index is 12.3. The van der Waals surface area contributed by atoms with Crippen molar-refractivity contribution in [3.8, 4) is 5.75 Å². The van der Waals surface area contributed by atoms with Crippen LogP contribution in [-0.2, 0) is 9.59 Å². The van der Waals surface area contributed by atoms with E-state index in [1.54, 1.807) is 18.2 Å². The SMILES string of the molecule is COc1ccc(Cl)cc1NC(=O)CNc1cc(NC(=O)C(C)C)ccc1C. The highest BCUT2D eigenvalue weighted by Gasteiger charge is 2.11. The summed E-state index contributed by atoms with van der Waals surface area (Å²) in [5.41, 5.74) is 2.92. The molecule has 0 atom stereocenters. The molecule has 2 amide bonds. The molecule has 2 aromatic carbocycles. The monoisotopic (exact) mass is 389 g/mol. The number of amides is 2. The van der Waals surface area contributed by atoms with Gasteiger partial charge in [0, 0.05) is 22.3 Å². The number of hydrogen-bond donors (Lipinski definition) is 3. The summed E-state index contributed by atoms with van der Waals surface area (Å²) in [6, 6.07) is 10.5. The third-order valence-electron chi connectivity index (χ3n) is 3.90. The molecule has 0 aliphatic heterocycles. The number of benzene rings is 2. The zero-order valence-electron chi connectivity index (χ0n) is 15.9. The van der Waals surface area contributed by atoms with Crippen molar-refractivity contribution in [2.45, 2.75) is 20.8 Å². The van der Waals surface area contributed by atoms with Crippen molar-refractivity contribution in [2.24, 2.45) is 5.92 Å². The Labute approximate surface area is 164 Å². The van der Waals surface area contributed by atoms with Crippen molar-refractivity contribution in [1.29, 1.82) is 0 Å². The molecule has 6 nitrogen and oxygen atoms in total. The Kier molecular flexibility index (Phi) is 7.07. The third-order valence-corrected chi connectivity index (χ3v) is 4.14. The van der Waals surface area contributed by atoms with Gasteiger partial charge in [0.15, 0.2) is 0 Å². The molecule has 27 heavy (non-hydrogen) atoms. The molecular formula is C20H24ClN3O3. The van der Waals surface area contributed by atoms with E-state index in [9.17, 15) is 9.59 Å². The van der Waals surface area contributed by atoms with Crippen LogP contribution in [0, 0.1) is 12.8 Å². The van der Waals surface area contributed by atoms with Crippen molar-refractivity contribution in [1.82, 2.24) is 0 Å². The van der Waals surface area contributed by atoms with Gasteiger partial charge in [0.25, 0.3) is 0 Å². The topological polar surface area (TPSA) is 79.5 Å². The molecular weight excluding hydrogens is 366 g/mol. The van der Waals surface area contributed by atoms with Gasteiger partial charge in [0.05, 0.1) is 19.3 Å². The Bertz CT molecular complexity index is 837. The summed E-state index contributed by atoms with van der Waals surface area (Å²) in [7, 11) is 1.53. The van der Waals surface area contributed by atoms with E-state index in [-0.39, 0.29) is 24.3 Å². The summed E-state index contributed by atoms with van der Waals surface area (Å²) in [6.07, 6.45) is 0. The lowest BCUT2D eigenvalue weighted by molar-refractivity contribution is -0.119. The molecule has 0 unspecified atom stereocenters. The van der Waals surface area contributed by atoms with Crippen molar-refractivity contribution < 1.29 is 14.3 Å². The van der Waals surface area contributed by atoms with Gasteiger partial charge < -0.3 is 20.7 Å². The van der Waals surface area contributed by atoms with Gasteiger partial charge in [-0.1, -0.05) is 31.5 Å². The average molecular weight is 390 g/mol. The van der Waals surface area contributed by atoms with E-state index < -0.39 is 0 Å². The fraction of sp³-hybridized carbons (Fsp3) is 0.300. The minimum absolute atomic E-state index is 0.0537. The van der Waals surface area contributed by atoms with Crippen LogP contribution in [0.3, 0.4) is 0 Å². The summed E-state index contributed by atoms with van der Waals surface area (Å²) >= 11 is 5.98. The first-order valence-electron chi connectivity index (χ1n) is 8.59. The van der Waals surface area contributed by atoms with Gasteiger partial charge in [0.2, 0.25) is 11.8 Å². The fourth-order valence-electron chi connectivity index (χ4n) is 2.32. The summed E-state index contributed by atoms with van der Waals surface area (Å²) < 4.78 is 5.22. The zero-order chi connectivity index (χ0) is 20.0. The molecule has 0 radical (unpaired) electrons. The number of carbonyl (C=O) groups excluding carboxylic acids is 2. The van der Waals surface area contributed by atoms with Gasteiger partial charge in [-0.2, -0.15) is 0 Å². The maximum Gasteiger partial charge on any atom is 0.243 e. The zero-order valence-corrected chi connectivity index (χ0v) is 16.6. The van der Waals surface area contributed by atoms with E-state index in [0.29, 0.717) is 22.1 Å². The highest BCUT2D eigenvalue weighted by molar-refractivity contribution is 6.31. The standard InChI is InChI=1S/C20H24ClN3O3/c1-12(2)20(26)23-15-7-5-13(3)16(10-15)22-11-19(25)24-17-9-14(21)6-8-18(17)27-4/h5-10,12,22H,11H2,1-4H3,(H,23,26)(H,24,25). The number of halogens is 1. The second-order valence-electron chi connectivity index (χ2n) is 6.42. The minimum Gasteiger partial charge on any atom is -0.495 e. The molecule has 0 spiro atoms. The van der Waals surface area contributed by atoms with Crippen LogP contribution in [0.4, 0.5) is 17.1 Å². The molecule has 2 rings (SSSR count). The molecule has 0 saturated carbocycles. The van der Waals surface area contributed by atoms with E-state index in [1.807, 2.05) is 39.0 Å². The van der Waals surface area contributed by atoms with Crippen LogP contribution >= 0.6 is 11.6 Å². The summed E-state index contributed by atoms with van der Waals surface area (Å²) in [5.74, 6) is 0.116. The Balaban J connectivity index is 2.02. The van der Waals surface area contributed by atoms with Gasteiger partial charge in [-0.3, -0.25) is 9.59 Å². The van der Waals surface area contributed by atoms with Crippen molar-refractivity contribution in [3.63, 3.8) is 0 Å². The molecule has 0 saturated heterocycles. The van der Waals surface area contributed by atoms with Crippen molar-refractivity contribution in [2.75, 3.05) is 29.6 Å². The Hall–Kier alpha value is -2.73. The summed E-state index contributed by atoms with van der Waals surface area (Å²) in [4.78, 5) is 24.1. The van der Waals surface area contributed by atoms with Crippen LogP contribution in [0.25, 0.3) is 0 Å². The van der Waals surface area contributed by atoms with Crippen LogP contribution in [0.1, 0.15) is 19.4 Å². The largest absolute Gasteiger partial charge is 0.495 e. The molecule has 0 heterocycles. The smallest absolute Gasteiger partial charge is 0.243 e. The van der Waals surface area contributed by atoms with Crippen molar-refractivity contribution >= 4 is 40.5 Å². The van der Waals surface area contributed by atoms with E-state index in [4.69, 9.17) is 16.3 Å². The second-order valence-corrected chi connectivity index (χ2v) is 6.86. The van der Waals surface area contributed by atoms with Gasteiger partial charge >= 0.3 is 0 Å². The van der Waals surface area contributed by atoms with Gasteiger partial charge in [0.1, 0.15) is 5.75 Å². The highest BCUT2D eigenvalue weighted by atomic mass is 35.5. The van der Waals surface area contributed by atoms with Crippen LogP contribution in [0.5, 0.6) is 5.75 Å². The first-order valence-corrected chi connectivity index (χ1v) is 8.96. The van der Waals surface area contributed by atoms with E-state index >= 15 is 0 Å². The quantitative estimate of drug-likeness (QED) is 0.659. The van der Waals surface area contributed by atoms with Gasteiger partial charge in [-0.05, 0) is 42.8 Å². The highest BCUT2D eigenvalue weighted by Crippen LogP contribution is 2.27. The Morgan fingerprint density at radius 1 is 1.07 bits per heavy atom. The van der Waals surface area contributed by atoms with Crippen LogP contribution in [0.2, 0.25) is 5.02 Å². The number of methoxy groups -OCH3 is 1. The molecule has 3 N–H and O–H groups in total. The molecule has 0 fully saturated rings. The molecule has 0 bridgehead atoms. The van der Waals surface area contributed by atoms with E-state index in [1.165, 1.54) is 7.11 Å². The number of anilines is 3. The normalized spacial score (nSPS) is 10.4. The predicted molar refractivity (Wildman–Crippen MR) is 110 cm³/mol. The maximum atomic E-state index is 12.3. The van der Waals surface area contributed by atoms with Crippen molar-refractivity contribution in [3.05, 3.63) is 47.0 Å². The van der Waals surface area contributed by atoms with E-state index in [2.05, 4.69) is 16.0 Å². The molecule has 144 valence electrons. The minimum atomic E-state index is -0.244. The average Bonchev–Trinajstić information content (AvgIpc) is 2.62. The predicted octanol–water partition coefficient (Wildman–Crippen LogP) is 4.30. The second kappa shape index (κ2) is 9.28. The Morgan fingerprint density at radius 2 is 1.81 bits per heavy atom. The fourth-order valence-corrected chi connectivity index (χ4v) is 2.50. The molecule has 0 aliphatic rings. The molecule has 2 aromatic rings. The lowest BCUT2D eigenvalue weighted by Crippen LogP contribution is -2.22. The third kappa shape index (κ3) is 5.89.